The summed E-state index contributed by atoms with van der Waals surface area (Å²) < 4.78 is 5.92. The fourth-order valence-electron chi connectivity index (χ4n) is 4.55. The van der Waals surface area contributed by atoms with Gasteiger partial charge in [-0.1, -0.05) is 49.1 Å². The number of benzene rings is 2. The minimum Gasteiger partial charge on any atom is -0.493 e. The maximum Gasteiger partial charge on any atom is 0.248 e. The van der Waals surface area contributed by atoms with Crippen LogP contribution in [0.1, 0.15) is 60.0 Å². The summed E-state index contributed by atoms with van der Waals surface area (Å²) in [5.41, 5.74) is 3.37. The number of carbonyl (C=O) groups excluding carboxylic acids is 2. The molecule has 1 fully saturated rings. The highest BCUT2D eigenvalue weighted by atomic mass is 16.5. The van der Waals surface area contributed by atoms with E-state index in [4.69, 9.17) is 4.74 Å². The summed E-state index contributed by atoms with van der Waals surface area (Å²) in [6.45, 7) is 2.68. The molecule has 1 heterocycles. The van der Waals surface area contributed by atoms with Crippen molar-refractivity contribution < 1.29 is 14.3 Å². The van der Waals surface area contributed by atoms with Crippen LogP contribution in [-0.4, -0.2) is 18.3 Å². The highest BCUT2D eigenvalue weighted by molar-refractivity contribution is 6.05. The predicted octanol–water partition coefficient (Wildman–Crippen LogP) is 5.81. The van der Waals surface area contributed by atoms with Crippen LogP contribution in [-0.2, 0) is 4.79 Å². The number of anilines is 1. The molecule has 2 atom stereocenters. The third-order valence-corrected chi connectivity index (χ3v) is 6.26. The first-order chi connectivity index (χ1) is 14.6. The summed E-state index contributed by atoms with van der Waals surface area (Å²) in [4.78, 5) is 25.7. The van der Waals surface area contributed by atoms with Gasteiger partial charge in [0.15, 0.2) is 5.78 Å². The maximum atomic E-state index is 13.3. The molecular formula is C26H29NO3. The second-order valence-corrected chi connectivity index (χ2v) is 8.45. The monoisotopic (exact) mass is 403 g/mol. The van der Waals surface area contributed by atoms with Crippen molar-refractivity contribution in [3.8, 4) is 5.75 Å². The number of rotatable bonds is 3. The van der Waals surface area contributed by atoms with Crippen molar-refractivity contribution in [3.63, 3.8) is 0 Å². The topological polar surface area (TPSA) is 55.4 Å². The van der Waals surface area contributed by atoms with Gasteiger partial charge in [-0.15, -0.1) is 0 Å². The highest BCUT2D eigenvalue weighted by Crippen LogP contribution is 2.38. The first-order valence-corrected chi connectivity index (χ1v) is 11.0. The Morgan fingerprint density at radius 3 is 2.67 bits per heavy atom. The number of ketones is 1. The van der Waals surface area contributed by atoms with Crippen LogP contribution in [0.5, 0.6) is 5.75 Å². The third kappa shape index (κ3) is 4.81. The Morgan fingerprint density at radius 2 is 1.83 bits per heavy atom. The van der Waals surface area contributed by atoms with E-state index in [1.165, 1.54) is 24.5 Å². The Balaban J connectivity index is 1.51. The van der Waals surface area contributed by atoms with E-state index >= 15 is 0 Å². The third-order valence-electron chi connectivity index (χ3n) is 6.26. The lowest BCUT2D eigenvalue weighted by atomic mass is 9.79. The number of amides is 1. The lowest BCUT2D eigenvalue weighted by Gasteiger charge is -2.28. The summed E-state index contributed by atoms with van der Waals surface area (Å²) in [5, 5.41) is 2.88. The van der Waals surface area contributed by atoms with Gasteiger partial charge in [0.25, 0.3) is 0 Å². The largest absolute Gasteiger partial charge is 0.493 e. The Morgan fingerprint density at radius 1 is 1.03 bits per heavy atom. The molecule has 2 aromatic rings. The summed E-state index contributed by atoms with van der Waals surface area (Å²) in [7, 11) is 0. The zero-order valence-corrected chi connectivity index (χ0v) is 17.5. The number of Topliss-reactive ketones (excluding diaryl/α,β-unsaturated/α-hetero) is 1. The minimum atomic E-state index is -0.220. The SMILES string of the molecule is Cc1ccc(/C=C/C(=O)Nc2ccc3c(c2)C(=O)C2CCCCCC2CCO3)cc1. The van der Waals surface area contributed by atoms with Crippen LogP contribution in [0, 0.1) is 18.8 Å². The molecule has 30 heavy (non-hydrogen) atoms. The van der Waals surface area contributed by atoms with Crippen LogP contribution in [0.15, 0.2) is 48.5 Å². The molecule has 2 aromatic carbocycles. The highest BCUT2D eigenvalue weighted by Gasteiger charge is 2.33. The molecule has 1 saturated carbocycles. The normalized spacial score (nSPS) is 21.6. The number of aryl methyl sites for hydroxylation is 1. The molecular weight excluding hydrogens is 374 g/mol. The first-order valence-electron chi connectivity index (χ1n) is 11.0. The molecule has 1 aliphatic heterocycles. The van der Waals surface area contributed by atoms with E-state index in [1.54, 1.807) is 18.2 Å². The first kappa shape index (κ1) is 20.4. The van der Waals surface area contributed by atoms with Crippen LogP contribution < -0.4 is 10.1 Å². The van der Waals surface area contributed by atoms with E-state index in [1.807, 2.05) is 37.3 Å². The summed E-state index contributed by atoms with van der Waals surface area (Å²) >= 11 is 0. The molecule has 4 heteroatoms. The molecule has 0 aromatic heterocycles. The summed E-state index contributed by atoms with van der Waals surface area (Å²) in [6.07, 6.45) is 9.82. The molecule has 4 rings (SSSR count). The summed E-state index contributed by atoms with van der Waals surface area (Å²) in [6, 6.07) is 13.4. The van der Waals surface area contributed by atoms with Gasteiger partial charge in [-0.05, 0) is 61.9 Å². The van der Waals surface area contributed by atoms with Gasteiger partial charge in [0.2, 0.25) is 5.91 Å². The maximum absolute atomic E-state index is 13.3. The molecule has 2 aliphatic rings. The van der Waals surface area contributed by atoms with Gasteiger partial charge < -0.3 is 10.1 Å². The molecule has 0 radical (unpaired) electrons. The Kier molecular flexibility index (Phi) is 6.32. The summed E-state index contributed by atoms with van der Waals surface area (Å²) in [5.74, 6) is 1.06. The number of hydrogen-bond donors (Lipinski definition) is 1. The van der Waals surface area contributed by atoms with Crippen molar-refractivity contribution >= 4 is 23.5 Å². The Labute approximate surface area is 178 Å². The Hall–Kier alpha value is -2.88. The second-order valence-electron chi connectivity index (χ2n) is 8.45. The van der Waals surface area contributed by atoms with Crippen LogP contribution in [0.3, 0.4) is 0 Å². The molecule has 1 N–H and O–H groups in total. The van der Waals surface area contributed by atoms with Gasteiger partial charge in [-0.2, -0.15) is 0 Å². The van der Waals surface area contributed by atoms with E-state index < -0.39 is 0 Å². The zero-order valence-electron chi connectivity index (χ0n) is 17.5. The van der Waals surface area contributed by atoms with Crippen molar-refractivity contribution in [1.29, 1.82) is 0 Å². The standard InChI is InChI=1S/C26H29NO3/c1-18-7-9-19(10-8-18)11-14-25(28)27-21-12-13-24-23(17-21)26(29)22-6-4-2-3-5-20(22)15-16-30-24/h7-14,17,20,22H,2-6,15-16H2,1H3,(H,27,28)/b14-11+. The lowest BCUT2D eigenvalue weighted by Crippen LogP contribution is -2.27. The lowest BCUT2D eigenvalue weighted by molar-refractivity contribution is -0.111. The number of hydrogen-bond acceptors (Lipinski definition) is 3. The fourth-order valence-corrected chi connectivity index (χ4v) is 4.55. The van der Waals surface area contributed by atoms with Crippen molar-refractivity contribution in [2.45, 2.75) is 45.4 Å². The molecule has 156 valence electrons. The van der Waals surface area contributed by atoms with Crippen LogP contribution in [0.2, 0.25) is 0 Å². The Bertz CT molecular complexity index is 945. The fraction of sp³-hybridized carbons (Fsp3) is 0.385. The van der Waals surface area contributed by atoms with E-state index in [-0.39, 0.29) is 17.6 Å². The van der Waals surface area contributed by atoms with Gasteiger partial charge in [0.1, 0.15) is 5.75 Å². The van der Waals surface area contributed by atoms with Gasteiger partial charge >= 0.3 is 0 Å². The average Bonchev–Trinajstić information content (AvgIpc) is 2.98. The minimum absolute atomic E-state index is 0.0718. The van der Waals surface area contributed by atoms with Crippen molar-refractivity contribution in [2.24, 2.45) is 11.8 Å². The second kappa shape index (κ2) is 9.29. The zero-order chi connectivity index (χ0) is 20.9. The number of ether oxygens (including phenoxy) is 1. The smallest absolute Gasteiger partial charge is 0.248 e. The van der Waals surface area contributed by atoms with E-state index in [2.05, 4.69) is 5.32 Å². The van der Waals surface area contributed by atoms with E-state index in [0.717, 1.165) is 31.2 Å². The van der Waals surface area contributed by atoms with Crippen molar-refractivity contribution in [3.05, 3.63) is 65.2 Å². The molecule has 1 amide bonds. The van der Waals surface area contributed by atoms with Gasteiger partial charge in [-0.3, -0.25) is 9.59 Å². The van der Waals surface area contributed by atoms with Crippen LogP contribution >= 0.6 is 0 Å². The average molecular weight is 404 g/mol. The quantitative estimate of drug-likeness (QED) is 0.658. The molecule has 0 saturated heterocycles. The number of nitrogens with one attached hydrogen (secondary N) is 1. The predicted molar refractivity (Wildman–Crippen MR) is 120 cm³/mol. The van der Waals surface area contributed by atoms with Crippen LogP contribution in [0.4, 0.5) is 5.69 Å². The van der Waals surface area contributed by atoms with Crippen LogP contribution in [0.25, 0.3) is 6.08 Å². The molecule has 2 unspecified atom stereocenters. The number of fused-ring (bicyclic) bond motifs is 2. The molecule has 1 aliphatic carbocycles. The van der Waals surface area contributed by atoms with Gasteiger partial charge in [-0.25, -0.2) is 0 Å². The molecule has 0 spiro atoms. The molecule has 4 nitrogen and oxygen atoms in total. The van der Waals surface area contributed by atoms with Gasteiger partial charge in [0.05, 0.1) is 12.2 Å². The molecule has 0 bridgehead atoms. The van der Waals surface area contributed by atoms with E-state index in [9.17, 15) is 9.59 Å². The van der Waals surface area contributed by atoms with Crippen molar-refractivity contribution in [1.82, 2.24) is 0 Å². The van der Waals surface area contributed by atoms with E-state index in [0.29, 0.717) is 29.5 Å². The number of carbonyl (C=O) groups is 2. The van der Waals surface area contributed by atoms with Gasteiger partial charge in [0, 0.05) is 17.7 Å². The van der Waals surface area contributed by atoms with Crippen molar-refractivity contribution in [2.75, 3.05) is 11.9 Å².